The number of aryl methyl sites for hydroxylation is 1. The number of carbonyl (C=O) groups is 1. The number of sulfone groups is 1. The second kappa shape index (κ2) is 4.68. The Balaban J connectivity index is 2.42. The molecule has 1 atom stereocenters. The van der Waals surface area contributed by atoms with Crippen LogP contribution in [0, 0.1) is 0 Å². The number of rotatable bonds is 2. The van der Waals surface area contributed by atoms with Gasteiger partial charge in [-0.15, -0.1) is 0 Å². The van der Waals surface area contributed by atoms with E-state index in [0.717, 1.165) is 5.56 Å². The summed E-state index contributed by atoms with van der Waals surface area (Å²) in [5.74, 6) is 4.69. The Kier molecular flexibility index (Phi) is 3.38. The van der Waals surface area contributed by atoms with Gasteiger partial charge in [0, 0.05) is 0 Å². The number of hydrazine groups is 1. The summed E-state index contributed by atoms with van der Waals surface area (Å²) in [6.45, 7) is 0. The molecule has 6 nitrogen and oxygen atoms in total. The van der Waals surface area contributed by atoms with E-state index in [1.54, 1.807) is 12.1 Å². The maximum absolute atomic E-state index is 11.8. The molecular weight excluding hydrogens is 254 g/mol. The lowest BCUT2D eigenvalue weighted by molar-refractivity contribution is -0.122. The number of amides is 1. The summed E-state index contributed by atoms with van der Waals surface area (Å²) >= 11 is 0. The van der Waals surface area contributed by atoms with Gasteiger partial charge in [0.25, 0.3) is 5.91 Å². The third kappa shape index (κ3) is 2.24. The van der Waals surface area contributed by atoms with E-state index >= 15 is 0 Å². The molecule has 0 spiro atoms. The highest BCUT2D eigenvalue weighted by molar-refractivity contribution is 7.91. The topological polar surface area (TPSA) is 115 Å². The van der Waals surface area contributed by atoms with Gasteiger partial charge in [-0.05, 0) is 30.0 Å². The van der Waals surface area contributed by atoms with Gasteiger partial charge in [-0.25, -0.2) is 14.3 Å². The molecule has 0 saturated heterocycles. The fourth-order valence-electron chi connectivity index (χ4n) is 2.10. The molecule has 0 saturated carbocycles. The van der Waals surface area contributed by atoms with Crippen LogP contribution in [0.15, 0.2) is 23.1 Å². The lowest BCUT2D eigenvalue weighted by Crippen LogP contribution is -2.38. The van der Waals surface area contributed by atoms with Gasteiger partial charge in [0.1, 0.15) is 6.04 Å². The molecule has 1 aromatic carbocycles. The summed E-state index contributed by atoms with van der Waals surface area (Å²) in [4.78, 5) is 11.7. The Morgan fingerprint density at radius 3 is 2.78 bits per heavy atom. The van der Waals surface area contributed by atoms with Gasteiger partial charge in [-0.2, -0.15) is 0 Å². The first-order valence-electron chi connectivity index (χ1n) is 5.57. The second-order valence-corrected chi connectivity index (χ2v) is 6.35. The van der Waals surface area contributed by atoms with Crippen molar-refractivity contribution in [1.29, 1.82) is 0 Å². The molecule has 0 aromatic heterocycles. The van der Waals surface area contributed by atoms with E-state index < -0.39 is 21.8 Å². The first-order valence-corrected chi connectivity index (χ1v) is 7.22. The quantitative estimate of drug-likeness (QED) is 0.376. The molecule has 2 rings (SSSR count). The highest BCUT2D eigenvalue weighted by atomic mass is 32.2. The van der Waals surface area contributed by atoms with Crippen LogP contribution in [0.2, 0.25) is 0 Å². The van der Waals surface area contributed by atoms with Crippen LogP contribution in [0.25, 0.3) is 0 Å². The van der Waals surface area contributed by atoms with E-state index in [4.69, 9.17) is 11.6 Å². The van der Waals surface area contributed by atoms with Gasteiger partial charge >= 0.3 is 0 Å². The van der Waals surface area contributed by atoms with Crippen molar-refractivity contribution in [3.05, 3.63) is 29.3 Å². The molecule has 0 aliphatic carbocycles. The van der Waals surface area contributed by atoms with Crippen molar-refractivity contribution < 1.29 is 13.2 Å². The van der Waals surface area contributed by atoms with Crippen molar-refractivity contribution in [3.8, 4) is 0 Å². The Morgan fingerprint density at radius 2 is 2.11 bits per heavy atom. The number of nitrogens with one attached hydrogen (secondary N) is 1. The van der Waals surface area contributed by atoms with Gasteiger partial charge in [-0.3, -0.25) is 10.2 Å². The summed E-state index contributed by atoms with van der Waals surface area (Å²) in [6.07, 6.45) is 1.27. The van der Waals surface area contributed by atoms with Crippen molar-refractivity contribution in [2.24, 2.45) is 11.6 Å². The van der Waals surface area contributed by atoms with Crippen LogP contribution >= 0.6 is 0 Å². The maximum Gasteiger partial charge on any atom is 0.255 e. The summed E-state index contributed by atoms with van der Waals surface area (Å²) < 4.78 is 23.6. The molecule has 98 valence electrons. The number of hydrogen-bond donors (Lipinski definition) is 3. The summed E-state index contributed by atoms with van der Waals surface area (Å²) in [5, 5.41) is 0. The van der Waals surface area contributed by atoms with Crippen LogP contribution in [-0.4, -0.2) is 20.1 Å². The van der Waals surface area contributed by atoms with Gasteiger partial charge in [0.15, 0.2) is 9.84 Å². The first kappa shape index (κ1) is 13.0. The van der Waals surface area contributed by atoms with Gasteiger partial charge in [0.05, 0.1) is 10.6 Å². The summed E-state index contributed by atoms with van der Waals surface area (Å²) in [7, 11) is -3.18. The SMILES string of the molecule is NNC(=O)C(N)c1ccc2c(c1)CCCS2(=O)=O. The predicted molar refractivity (Wildman–Crippen MR) is 66.1 cm³/mol. The minimum Gasteiger partial charge on any atom is -0.316 e. The van der Waals surface area contributed by atoms with Crippen molar-refractivity contribution in [2.45, 2.75) is 23.8 Å². The molecule has 18 heavy (non-hydrogen) atoms. The van der Waals surface area contributed by atoms with Crippen molar-refractivity contribution in [2.75, 3.05) is 5.75 Å². The smallest absolute Gasteiger partial charge is 0.255 e. The molecule has 1 heterocycles. The van der Waals surface area contributed by atoms with E-state index in [2.05, 4.69) is 0 Å². The Morgan fingerprint density at radius 1 is 1.39 bits per heavy atom. The zero-order valence-corrected chi connectivity index (χ0v) is 10.5. The van der Waals surface area contributed by atoms with E-state index in [0.29, 0.717) is 23.3 Å². The molecule has 0 radical (unpaired) electrons. The fraction of sp³-hybridized carbons (Fsp3) is 0.364. The standard InChI is InChI=1S/C11H15N3O3S/c12-10(11(15)14-13)8-3-4-9-7(6-8)2-1-5-18(9,16)17/h3-4,6,10H,1-2,5,12-13H2,(H,14,15). The minimum absolute atomic E-state index is 0.175. The second-order valence-electron chi connectivity index (χ2n) is 4.28. The van der Waals surface area contributed by atoms with Gasteiger partial charge in [0.2, 0.25) is 0 Å². The molecule has 1 unspecified atom stereocenters. The zero-order chi connectivity index (χ0) is 13.3. The lowest BCUT2D eigenvalue weighted by Gasteiger charge is -2.18. The summed E-state index contributed by atoms with van der Waals surface area (Å²) in [5.41, 5.74) is 8.97. The molecular formula is C11H15N3O3S. The Labute approximate surface area is 105 Å². The third-order valence-electron chi connectivity index (χ3n) is 3.06. The van der Waals surface area contributed by atoms with Crippen molar-refractivity contribution in [1.82, 2.24) is 5.43 Å². The van der Waals surface area contributed by atoms with Gasteiger partial charge < -0.3 is 5.73 Å². The highest BCUT2D eigenvalue weighted by Gasteiger charge is 2.25. The van der Waals surface area contributed by atoms with E-state index in [-0.39, 0.29) is 5.75 Å². The Bertz CT molecular complexity index is 583. The highest BCUT2D eigenvalue weighted by Crippen LogP contribution is 2.27. The number of fused-ring (bicyclic) bond motifs is 1. The molecule has 7 heteroatoms. The van der Waals surface area contributed by atoms with Crippen LogP contribution in [0.4, 0.5) is 0 Å². The molecule has 0 bridgehead atoms. The molecule has 0 fully saturated rings. The lowest BCUT2D eigenvalue weighted by atomic mass is 10.0. The van der Waals surface area contributed by atoms with E-state index in [1.165, 1.54) is 6.07 Å². The molecule has 5 N–H and O–H groups in total. The summed E-state index contributed by atoms with van der Waals surface area (Å²) in [6, 6.07) is 3.86. The van der Waals surface area contributed by atoms with Crippen molar-refractivity contribution >= 4 is 15.7 Å². The average Bonchev–Trinajstić information content (AvgIpc) is 2.36. The number of hydrogen-bond acceptors (Lipinski definition) is 5. The fourth-order valence-corrected chi connectivity index (χ4v) is 3.68. The average molecular weight is 269 g/mol. The first-order chi connectivity index (χ1) is 8.45. The van der Waals surface area contributed by atoms with E-state index in [9.17, 15) is 13.2 Å². The predicted octanol–water partition coefficient (Wildman–Crippen LogP) is -0.604. The molecule has 1 aliphatic heterocycles. The zero-order valence-electron chi connectivity index (χ0n) is 9.72. The van der Waals surface area contributed by atoms with Crippen LogP contribution in [0.1, 0.15) is 23.6 Å². The van der Waals surface area contributed by atoms with Crippen LogP contribution in [0.3, 0.4) is 0 Å². The molecule has 1 aliphatic rings. The monoisotopic (exact) mass is 269 g/mol. The number of benzene rings is 1. The molecule has 1 aromatic rings. The minimum atomic E-state index is -3.18. The number of carbonyl (C=O) groups excluding carboxylic acids is 1. The Hall–Kier alpha value is -1.44. The third-order valence-corrected chi connectivity index (χ3v) is 4.96. The van der Waals surface area contributed by atoms with Crippen LogP contribution in [0.5, 0.6) is 0 Å². The van der Waals surface area contributed by atoms with Crippen LogP contribution in [-0.2, 0) is 21.1 Å². The number of nitrogens with two attached hydrogens (primary N) is 2. The normalized spacial score (nSPS) is 18.8. The van der Waals surface area contributed by atoms with E-state index in [1.807, 2.05) is 5.43 Å². The maximum atomic E-state index is 11.8. The van der Waals surface area contributed by atoms with Gasteiger partial charge in [-0.1, -0.05) is 12.1 Å². The molecule has 1 amide bonds. The van der Waals surface area contributed by atoms with Crippen molar-refractivity contribution in [3.63, 3.8) is 0 Å². The largest absolute Gasteiger partial charge is 0.316 e. The van der Waals surface area contributed by atoms with Crippen LogP contribution < -0.4 is 17.0 Å².